The summed E-state index contributed by atoms with van der Waals surface area (Å²) in [6, 6.07) is 0. The fourth-order valence-electron chi connectivity index (χ4n) is 1.14. The second kappa shape index (κ2) is 7.74. The Hall–Kier alpha value is -1.52. The largest absolute Gasteiger partial charge is 0.464 e. The summed E-state index contributed by atoms with van der Waals surface area (Å²) in [4.78, 5) is 22.9. The Labute approximate surface area is 109 Å². The lowest BCUT2D eigenvalue weighted by atomic mass is 9.95. The van der Waals surface area contributed by atoms with Gasteiger partial charge in [-0.1, -0.05) is 34.1 Å². The van der Waals surface area contributed by atoms with Crippen LogP contribution in [0, 0.1) is 5.41 Å². The molecule has 0 aliphatic heterocycles. The summed E-state index contributed by atoms with van der Waals surface area (Å²) >= 11 is 0. The Morgan fingerprint density at radius 3 is 2.33 bits per heavy atom. The number of esters is 1. The van der Waals surface area contributed by atoms with Crippen molar-refractivity contribution in [2.75, 3.05) is 13.7 Å². The number of carbonyl (C=O) groups excluding carboxylic acids is 2. The predicted molar refractivity (Wildman–Crippen MR) is 68.9 cm³/mol. The topological polar surface area (TPSA) is 64.6 Å². The fourth-order valence-corrected chi connectivity index (χ4v) is 1.14. The van der Waals surface area contributed by atoms with Crippen LogP contribution in [0.4, 0.5) is 4.79 Å². The summed E-state index contributed by atoms with van der Waals surface area (Å²) in [6.07, 6.45) is 2.74. The smallest absolute Gasteiger partial charge is 0.411 e. The number of rotatable bonds is 5. The van der Waals surface area contributed by atoms with Crippen LogP contribution in [0.2, 0.25) is 0 Å². The molecule has 0 rings (SSSR count). The fraction of sp³-hybridized carbons (Fsp3) is 0.692. The van der Waals surface area contributed by atoms with Crippen LogP contribution >= 0.6 is 0 Å². The molecule has 0 aliphatic rings. The van der Waals surface area contributed by atoms with Crippen molar-refractivity contribution in [3.8, 4) is 0 Å². The standard InChI is InChI=1S/C13H23NO4/c1-6-7-8-18-12(16)14-10(11(15)17-5)9-13(2,3)4/h9H,6-8H2,1-5H3,(H,14,16)/b10-9-. The minimum Gasteiger partial charge on any atom is -0.464 e. The van der Waals surface area contributed by atoms with Crippen LogP contribution in [-0.4, -0.2) is 25.8 Å². The number of allylic oxidation sites excluding steroid dienone is 1. The van der Waals surface area contributed by atoms with Gasteiger partial charge in [-0.3, -0.25) is 5.32 Å². The molecule has 1 N–H and O–H groups in total. The minimum atomic E-state index is -0.635. The van der Waals surface area contributed by atoms with Gasteiger partial charge in [0.05, 0.1) is 13.7 Å². The number of nitrogens with one attached hydrogen (secondary N) is 1. The second-order valence-electron chi connectivity index (χ2n) is 5.03. The van der Waals surface area contributed by atoms with Gasteiger partial charge in [0.1, 0.15) is 5.70 Å². The lowest BCUT2D eigenvalue weighted by Gasteiger charge is -2.15. The number of amides is 1. The molecule has 0 spiro atoms. The number of carbonyl (C=O) groups is 2. The van der Waals surface area contributed by atoms with E-state index in [2.05, 4.69) is 10.1 Å². The van der Waals surface area contributed by atoms with E-state index in [1.807, 2.05) is 27.7 Å². The molecular formula is C13H23NO4. The number of hydrogen-bond donors (Lipinski definition) is 1. The molecule has 0 aromatic carbocycles. The maximum atomic E-state index is 11.5. The van der Waals surface area contributed by atoms with Gasteiger partial charge in [0, 0.05) is 0 Å². The van der Waals surface area contributed by atoms with E-state index in [-0.39, 0.29) is 11.1 Å². The van der Waals surface area contributed by atoms with Crippen molar-refractivity contribution in [1.82, 2.24) is 5.32 Å². The predicted octanol–water partition coefficient (Wildman–Crippen LogP) is 2.62. The molecule has 0 bridgehead atoms. The van der Waals surface area contributed by atoms with Gasteiger partial charge in [-0.2, -0.15) is 0 Å². The maximum Gasteiger partial charge on any atom is 0.411 e. The highest BCUT2D eigenvalue weighted by Crippen LogP contribution is 2.17. The van der Waals surface area contributed by atoms with Crippen molar-refractivity contribution in [3.05, 3.63) is 11.8 Å². The van der Waals surface area contributed by atoms with Gasteiger partial charge in [-0.05, 0) is 17.9 Å². The monoisotopic (exact) mass is 257 g/mol. The summed E-state index contributed by atoms with van der Waals surface area (Å²) in [5.74, 6) is -0.586. The van der Waals surface area contributed by atoms with Crippen LogP contribution in [0.25, 0.3) is 0 Å². The highest BCUT2D eigenvalue weighted by molar-refractivity contribution is 5.92. The highest BCUT2D eigenvalue weighted by Gasteiger charge is 2.18. The molecule has 0 saturated carbocycles. The molecule has 5 heteroatoms. The first kappa shape index (κ1) is 16.5. The Kier molecular flexibility index (Phi) is 7.08. The Balaban J connectivity index is 4.57. The van der Waals surface area contributed by atoms with Gasteiger partial charge in [-0.25, -0.2) is 9.59 Å². The van der Waals surface area contributed by atoms with E-state index >= 15 is 0 Å². The molecule has 0 saturated heterocycles. The second-order valence-corrected chi connectivity index (χ2v) is 5.03. The van der Waals surface area contributed by atoms with Crippen LogP contribution in [0.5, 0.6) is 0 Å². The Morgan fingerprint density at radius 2 is 1.89 bits per heavy atom. The molecule has 0 aliphatic carbocycles. The van der Waals surface area contributed by atoms with Crippen molar-refractivity contribution in [2.24, 2.45) is 5.41 Å². The first-order valence-electron chi connectivity index (χ1n) is 6.05. The molecule has 5 nitrogen and oxygen atoms in total. The van der Waals surface area contributed by atoms with Crippen LogP contribution in [0.1, 0.15) is 40.5 Å². The van der Waals surface area contributed by atoms with Crippen molar-refractivity contribution in [1.29, 1.82) is 0 Å². The number of unbranched alkanes of at least 4 members (excludes halogenated alkanes) is 1. The lowest BCUT2D eigenvalue weighted by molar-refractivity contribution is -0.136. The minimum absolute atomic E-state index is 0.103. The third-order valence-electron chi connectivity index (χ3n) is 1.95. The number of alkyl carbamates (subject to hydrolysis) is 1. The van der Waals surface area contributed by atoms with Gasteiger partial charge in [0.15, 0.2) is 0 Å². The first-order valence-corrected chi connectivity index (χ1v) is 6.05. The summed E-state index contributed by atoms with van der Waals surface area (Å²) in [5.41, 5.74) is -0.147. The van der Waals surface area contributed by atoms with Crippen molar-refractivity contribution >= 4 is 12.1 Å². The quantitative estimate of drug-likeness (QED) is 0.467. The molecular weight excluding hydrogens is 234 g/mol. The average molecular weight is 257 g/mol. The Bertz CT molecular complexity index is 315. The maximum absolute atomic E-state index is 11.5. The van der Waals surface area contributed by atoms with Crippen LogP contribution in [-0.2, 0) is 14.3 Å². The number of hydrogen-bond acceptors (Lipinski definition) is 4. The molecule has 0 aromatic heterocycles. The number of ether oxygens (including phenoxy) is 2. The normalized spacial score (nSPS) is 11.9. The Morgan fingerprint density at radius 1 is 1.28 bits per heavy atom. The zero-order chi connectivity index (χ0) is 14.2. The van der Waals surface area contributed by atoms with Gasteiger partial charge < -0.3 is 9.47 Å². The average Bonchev–Trinajstić information content (AvgIpc) is 2.25. The SMILES string of the molecule is CCCCOC(=O)N/C(=C\C(C)(C)C)C(=O)OC. The van der Waals surface area contributed by atoms with Gasteiger partial charge >= 0.3 is 12.1 Å². The molecule has 0 atom stereocenters. The molecule has 18 heavy (non-hydrogen) atoms. The van der Waals surface area contributed by atoms with E-state index in [0.29, 0.717) is 6.61 Å². The van der Waals surface area contributed by atoms with E-state index in [9.17, 15) is 9.59 Å². The summed E-state index contributed by atoms with van der Waals surface area (Å²) in [7, 11) is 1.27. The molecule has 0 heterocycles. The van der Waals surface area contributed by atoms with Crippen molar-refractivity contribution < 1.29 is 19.1 Å². The molecule has 104 valence electrons. The third-order valence-corrected chi connectivity index (χ3v) is 1.95. The van der Waals surface area contributed by atoms with E-state index < -0.39 is 12.1 Å². The van der Waals surface area contributed by atoms with E-state index in [4.69, 9.17) is 4.74 Å². The highest BCUT2D eigenvalue weighted by atomic mass is 16.6. The van der Waals surface area contributed by atoms with Crippen LogP contribution in [0.3, 0.4) is 0 Å². The van der Waals surface area contributed by atoms with Gasteiger partial charge in [0.25, 0.3) is 0 Å². The molecule has 0 radical (unpaired) electrons. The van der Waals surface area contributed by atoms with E-state index in [1.54, 1.807) is 6.08 Å². The molecule has 0 aromatic rings. The third kappa shape index (κ3) is 7.70. The zero-order valence-corrected chi connectivity index (χ0v) is 11.8. The zero-order valence-electron chi connectivity index (χ0n) is 11.8. The molecule has 0 fully saturated rings. The summed E-state index contributed by atoms with van der Waals surface area (Å²) in [5, 5.41) is 2.41. The number of methoxy groups -OCH3 is 1. The summed E-state index contributed by atoms with van der Waals surface area (Å²) in [6.45, 7) is 8.09. The van der Waals surface area contributed by atoms with Crippen LogP contribution < -0.4 is 5.32 Å². The first-order chi connectivity index (χ1) is 8.30. The van der Waals surface area contributed by atoms with Crippen molar-refractivity contribution in [2.45, 2.75) is 40.5 Å². The van der Waals surface area contributed by atoms with Crippen molar-refractivity contribution in [3.63, 3.8) is 0 Å². The van der Waals surface area contributed by atoms with Crippen LogP contribution in [0.15, 0.2) is 11.8 Å². The van der Waals surface area contributed by atoms with Gasteiger partial charge in [0.2, 0.25) is 0 Å². The van der Waals surface area contributed by atoms with E-state index in [0.717, 1.165) is 12.8 Å². The van der Waals surface area contributed by atoms with E-state index in [1.165, 1.54) is 7.11 Å². The summed E-state index contributed by atoms with van der Waals surface area (Å²) < 4.78 is 9.53. The molecule has 1 amide bonds. The lowest BCUT2D eigenvalue weighted by Crippen LogP contribution is -2.30. The molecule has 0 unspecified atom stereocenters. The van der Waals surface area contributed by atoms with Gasteiger partial charge in [-0.15, -0.1) is 0 Å².